The van der Waals surface area contributed by atoms with Crippen LogP contribution in [0.3, 0.4) is 0 Å². The highest BCUT2D eigenvalue weighted by Crippen LogP contribution is 2.24. The van der Waals surface area contributed by atoms with Crippen molar-refractivity contribution < 1.29 is 4.79 Å². The predicted octanol–water partition coefficient (Wildman–Crippen LogP) is 2.83. The van der Waals surface area contributed by atoms with Crippen molar-refractivity contribution in [2.45, 2.75) is 19.8 Å². The SMILES string of the molecule is CC(C)c1ccccc1NC(=O)c1cnc(NCCN(C)C)nc1. The number of anilines is 2. The molecule has 0 bridgehead atoms. The number of para-hydroxylation sites is 1. The average molecular weight is 327 g/mol. The lowest BCUT2D eigenvalue weighted by atomic mass is 10.0. The molecule has 6 heteroatoms. The van der Waals surface area contributed by atoms with Crippen LogP contribution >= 0.6 is 0 Å². The topological polar surface area (TPSA) is 70.2 Å². The number of hydrogen-bond acceptors (Lipinski definition) is 5. The lowest BCUT2D eigenvalue weighted by Crippen LogP contribution is -2.21. The lowest BCUT2D eigenvalue weighted by Gasteiger charge is -2.13. The Balaban J connectivity index is 2.00. The van der Waals surface area contributed by atoms with Crippen molar-refractivity contribution >= 4 is 17.5 Å². The molecule has 0 spiro atoms. The van der Waals surface area contributed by atoms with E-state index in [1.807, 2.05) is 38.4 Å². The first kappa shape index (κ1) is 17.9. The van der Waals surface area contributed by atoms with Gasteiger partial charge in [-0.3, -0.25) is 4.79 Å². The van der Waals surface area contributed by atoms with Gasteiger partial charge in [0.1, 0.15) is 0 Å². The Hall–Kier alpha value is -2.47. The van der Waals surface area contributed by atoms with E-state index in [-0.39, 0.29) is 5.91 Å². The summed E-state index contributed by atoms with van der Waals surface area (Å²) in [6, 6.07) is 7.82. The van der Waals surface area contributed by atoms with E-state index in [1.54, 1.807) is 0 Å². The van der Waals surface area contributed by atoms with Crippen LogP contribution in [-0.2, 0) is 0 Å². The van der Waals surface area contributed by atoms with E-state index in [1.165, 1.54) is 12.4 Å². The summed E-state index contributed by atoms with van der Waals surface area (Å²) in [6.45, 7) is 5.84. The molecule has 1 heterocycles. The molecule has 6 nitrogen and oxygen atoms in total. The number of nitrogens with one attached hydrogen (secondary N) is 2. The number of benzene rings is 1. The van der Waals surface area contributed by atoms with Crippen LogP contribution in [0.2, 0.25) is 0 Å². The molecule has 2 aromatic rings. The molecule has 0 saturated carbocycles. The molecule has 0 fully saturated rings. The third-order valence-electron chi connectivity index (χ3n) is 3.59. The average Bonchev–Trinajstić information content (AvgIpc) is 2.55. The van der Waals surface area contributed by atoms with Crippen molar-refractivity contribution in [2.75, 3.05) is 37.8 Å². The van der Waals surface area contributed by atoms with Crippen molar-refractivity contribution in [3.05, 3.63) is 47.8 Å². The van der Waals surface area contributed by atoms with Gasteiger partial charge in [-0.05, 0) is 31.6 Å². The van der Waals surface area contributed by atoms with E-state index in [2.05, 4.69) is 39.3 Å². The quantitative estimate of drug-likeness (QED) is 0.818. The normalized spacial score (nSPS) is 10.9. The molecule has 0 aliphatic heterocycles. The first-order valence-electron chi connectivity index (χ1n) is 8.08. The molecule has 1 amide bonds. The summed E-state index contributed by atoms with van der Waals surface area (Å²) in [5, 5.41) is 6.06. The van der Waals surface area contributed by atoms with Crippen LogP contribution in [0.15, 0.2) is 36.7 Å². The number of likely N-dealkylation sites (N-methyl/N-ethyl adjacent to an activating group) is 1. The van der Waals surface area contributed by atoms with Crippen molar-refractivity contribution in [2.24, 2.45) is 0 Å². The van der Waals surface area contributed by atoms with Crippen molar-refractivity contribution in [3.8, 4) is 0 Å². The van der Waals surface area contributed by atoms with Crippen molar-refractivity contribution in [3.63, 3.8) is 0 Å². The smallest absolute Gasteiger partial charge is 0.258 e. The number of carbonyl (C=O) groups is 1. The standard InChI is InChI=1S/C18H25N5O/c1-13(2)15-7-5-6-8-16(15)22-17(24)14-11-20-18(21-12-14)19-9-10-23(3)4/h5-8,11-13H,9-10H2,1-4H3,(H,22,24)(H,19,20,21). The maximum absolute atomic E-state index is 12.4. The Kier molecular flexibility index (Phi) is 6.26. The molecule has 2 N–H and O–H groups in total. The lowest BCUT2D eigenvalue weighted by molar-refractivity contribution is 0.102. The number of hydrogen-bond donors (Lipinski definition) is 2. The van der Waals surface area contributed by atoms with Crippen LogP contribution < -0.4 is 10.6 Å². The highest BCUT2D eigenvalue weighted by Gasteiger charge is 2.11. The molecule has 1 aromatic carbocycles. The summed E-state index contributed by atoms with van der Waals surface area (Å²) in [4.78, 5) is 22.8. The van der Waals surface area contributed by atoms with Crippen LogP contribution in [0.25, 0.3) is 0 Å². The number of aromatic nitrogens is 2. The van der Waals surface area contributed by atoms with Crippen LogP contribution in [0.1, 0.15) is 35.7 Å². The maximum Gasteiger partial charge on any atom is 0.258 e. The molecule has 0 radical (unpaired) electrons. The summed E-state index contributed by atoms with van der Waals surface area (Å²) < 4.78 is 0. The Morgan fingerprint density at radius 3 is 2.46 bits per heavy atom. The highest BCUT2D eigenvalue weighted by molar-refractivity contribution is 6.04. The second-order valence-corrected chi connectivity index (χ2v) is 6.22. The van der Waals surface area contributed by atoms with Gasteiger partial charge in [-0.15, -0.1) is 0 Å². The van der Waals surface area contributed by atoms with Gasteiger partial charge in [-0.2, -0.15) is 0 Å². The summed E-state index contributed by atoms with van der Waals surface area (Å²) in [5.41, 5.74) is 2.37. The fourth-order valence-corrected chi connectivity index (χ4v) is 2.24. The second kappa shape index (κ2) is 8.40. The molecule has 1 aromatic heterocycles. The van der Waals surface area contributed by atoms with Crippen LogP contribution in [0.5, 0.6) is 0 Å². The molecule has 0 atom stereocenters. The van der Waals surface area contributed by atoms with Crippen LogP contribution in [0, 0.1) is 0 Å². The van der Waals surface area contributed by atoms with Gasteiger partial charge in [0.15, 0.2) is 0 Å². The van der Waals surface area contributed by atoms with E-state index in [9.17, 15) is 4.79 Å². The van der Waals surface area contributed by atoms with E-state index >= 15 is 0 Å². The zero-order valence-electron chi connectivity index (χ0n) is 14.7. The molecular formula is C18H25N5O. The minimum Gasteiger partial charge on any atom is -0.353 e. The van der Waals surface area contributed by atoms with Crippen molar-refractivity contribution in [1.29, 1.82) is 0 Å². The Bertz CT molecular complexity index is 667. The minimum atomic E-state index is -0.206. The van der Waals surface area contributed by atoms with Gasteiger partial charge in [0, 0.05) is 31.2 Å². The number of carbonyl (C=O) groups excluding carboxylic acids is 1. The molecular weight excluding hydrogens is 302 g/mol. The van der Waals surface area contributed by atoms with Crippen molar-refractivity contribution in [1.82, 2.24) is 14.9 Å². The second-order valence-electron chi connectivity index (χ2n) is 6.22. The molecule has 0 saturated heterocycles. The summed E-state index contributed by atoms with van der Waals surface area (Å²) >= 11 is 0. The first-order valence-corrected chi connectivity index (χ1v) is 8.08. The number of nitrogens with zero attached hydrogens (tertiary/aromatic N) is 3. The van der Waals surface area contributed by atoms with Gasteiger partial charge in [0.05, 0.1) is 5.56 Å². The Morgan fingerprint density at radius 1 is 1.17 bits per heavy atom. The molecule has 24 heavy (non-hydrogen) atoms. The van der Waals surface area contributed by atoms with Gasteiger partial charge < -0.3 is 15.5 Å². The number of rotatable bonds is 7. The van der Waals surface area contributed by atoms with Crippen LogP contribution in [-0.4, -0.2) is 48.0 Å². The van der Waals surface area contributed by atoms with E-state index in [0.29, 0.717) is 17.4 Å². The van der Waals surface area contributed by atoms with Gasteiger partial charge in [0.2, 0.25) is 5.95 Å². The molecule has 0 aliphatic carbocycles. The maximum atomic E-state index is 12.4. The van der Waals surface area contributed by atoms with Gasteiger partial charge in [-0.25, -0.2) is 9.97 Å². The first-order chi connectivity index (χ1) is 11.5. The third-order valence-corrected chi connectivity index (χ3v) is 3.59. The monoisotopic (exact) mass is 327 g/mol. The number of amides is 1. The van der Waals surface area contributed by atoms with E-state index in [0.717, 1.165) is 24.3 Å². The highest BCUT2D eigenvalue weighted by atomic mass is 16.1. The molecule has 0 unspecified atom stereocenters. The molecule has 128 valence electrons. The largest absolute Gasteiger partial charge is 0.353 e. The zero-order valence-corrected chi connectivity index (χ0v) is 14.7. The predicted molar refractivity (Wildman–Crippen MR) is 97.6 cm³/mol. The van der Waals surface area contributed by atoms with Crippen LogP contribution in [0.4, 0.5) is 11.6 Å². The molecule has 2 rings (SSSR count). The molecule has 0 aliphatic rings. The fourth-order valence-electron chi connectivity index (χ4n) is 2.24. The van der Waals surface area contributed by atoms with E-state index < -0.39 is 0 Å². The zero-order chi connectivity index (χ0) is 17.5. The van der Waals surface area contributed by atoms with Gasteiger partial charge in [-0.1, -0.05) is 32.0 Å². The third kappa shape index (κ3) is 5.03. The van der Waals surface area contributed by atoms with E-state index in [4.69, 9.17) is 0 Å². The van der Waals surface area contributed by atoms with Gasteiger partial charge in [0.25, 0.3) is 5.91 Å². The summed E-state index contributed by atoms with van der Waals surface area (Å²) in [6.07, 6.45) is 3.08. The Labute approximate surface area is 143 Å². The fraction of sp³-hybridized carbons (Fsp3) is 0.389. The summed E-state index contributed by atoms with van der Waals surface area (Å²) in [5.74, 6) is 0.653. The minimum absolute atomic E-state index is 0.206. The summed E-state index contributed by atoms with van der Waals surface area (Å²) in [7, 11) is 4.01. The van der Waals surface area contributed by atoms with Gasteiger partial charge >= 0.3 is 0 Å². The Morgan fingerprint density at radius 2 is 1.83 bits per heavy atom.